The molecule has 0 saturated heterocycles. The van der Waals surface area contributed by atoms with Crippen LogP contribution in [0.1, 0.15) is 0 Å². The van der Waals surface area contributed by atoms with Crippen molar-refractivity contribution >= 4 is 109 Å². The number of hydrogen-bond donors (Lipinski definition) is 0. The van der Waals surface area contributed by atoms with Crippen LogP contribution in [0.5, 0.6) is 0 Å². The molecule has 0 aromatic carbocycles. The first kappa shape index (κ1) is 25.3. The minimum atomic E-state index is 0. The van der Waals surface area contributed by atoms with Crippen LogP contribution in [0.3, 0.4) is 0 Å². The summed E-state index contributed by atoms with van der Waals surface area (Å²) in [5.74, 6) is 0. The molecule has 0 rings (SSSR count). The second-order valence-corrected chi connectivity index (χ2v) is 0. The molecular formula is Pb4. The Bertz CT molecular complexity index is 0. The molecule has 0 spiro atoms. The predicted molar refractivity (Wildman–Crippen MR) is 23.0 cm³/mol. The molecule has 0 atom stereocenters. The molecule has 0 heterocycles. The van der Waals surface area contributed by atoms with Gasteiger partial charge < -0.3 is 0 Å². The molecule has 0 N–H and O–H groups in total. The molecule has 0 aromatic rings. The molecule has 0 aliphatic carbocycles. The summed E-state index contributed by atoms with van der Waals surface area (Å²) in [4.78, 5) is 0. The van der Waals surface area contributed by atoms with Gasteiger partial charge in [-0.15, -0.1) is 0 Å². The van der Waals surface area contributed by atoms with E-state index in [1.54, 1.807) is 0 Å². The van der Waals surface area contributed by atoms with E-state index in [1.165, 1.54) is 0 Å². The minimum Gasteiger partial charge on any atom is 0 e. The Hall–Kier alpha value is 3.69. The topological polar surface area (TPSA) is 0 Å². The molecule has 0 nitrogen and oxygen atoms in total. The molecule has 16 radical (unpaired) electrons. The maximum atomic E-state index is 0. The van der Waals surface area contributed by atoms with Gasteiger partial charge in [-0.1, -0.05) is 0 Å². The first-order valence-corrected chi connectivity index (χ1v) is 0. The summed E-state index contributed by atoms with van der Waals surface area (Å²) in [5.41, 5.74) is 0. The first-order valence-electron chi connectivity index (χ1n) is 0. The van der Waals surface area contributed by atoms with E-state index < -0.39 is 0 Å². The summed E-state index contributed by atoms with van der Waals surface area (Å²) in [6.07, 6.45) is 0. The van der Waals surface area contributed by atoms with Crippen molar-refractivity contribution in [2.75, 3.05) is 0 Å². The Morgan fingerprint density at radius 2 is 0.250 bits per heavy atom. The average Bonchev–Trinajstić information content (AvgIpc) is 0. The first-order chi connectivity index (χ1) is 0. The van der Waals surface area contributed by atoms with Gasteiger partial charge in [0, 0.05) is 109 Å². The molecule has 0 bridgehead atoms. The van der Waals surface area contributed by atoms with Crippen LogP contribution in [-0.2, 0) is 0 Å². The molecule has 0 fully saturated rings. The maximum Gasteiger partial charge on any atom is 0 e. The molecule has 4 heteroatoms. The van der Waals surface area contributed by atoms with Gasteiger partial charge in [0.25, 0.3) is 0 Å². The molecule has 0 aliphatic heterocycles. The second kappa shape index (κ2) is 15.9. The largest absolute Gasteiger partial charge is 0 e. The molecule has 0 amide bonds. The molecule has 0 saturated carbocycles. The Balaban J connectivity index is 0. The van der Waals surface area contributed by atoms with E-state index in [1.807, 2.05) is 0 Å². The van der Waals surface area contributed by atoms with E-state index in [0.717, 1.165) is 0 Å². The van der Waals surface area contributed by atoms with Gasteiger partial charge in [0.1, 0.15) is 0 Å². The van der Waals surface area contributed by atoms with Gasteiger partial charge in [0.15, 0.2) is 0 Å². The third-order valence-corrected chi connectivity index (χ3v) is 0. The fourth-order valence-corrected chi connectivity index (χ4v) is 0. The summed E-state index contributed by atoms with van der Waals surface area (Å²) in [6, 6.07) is 0. The van der Waals surface area contributed by atoms with E-state index in [2.05, 4.69) is 0 Å². The summed E-state index contributed by atoms with van der Waals surface area (Å²) < 4.78 is 0. The van der Waals surface area contributed by atoms with Crippen molar-refractivity contribution in [2.24, 2.45) is 0 Å². The molecule has 0 unspecified atom stereocenters. The van der Waals surface area contributed by atoms with Crippen molar-refractivity contribution in [3.63, 3.8) is 0 Å². The number of rotatable bonds is 0. The van der Waals surface area contributed by atoms with Crippen molar-refractivity contribution in [1.29, 1.82) is 0 Å². The van der Waals surface area contributed by atoms with Crippen molar-refractivity contribution in [2.45, 2.75) is 0 Å². The van der Waals surface area contributed by atoms with Crippen LogP contribution in [-0.4, -0.2) is 109 Å². The summed E-state index contributed by atoms with van der Waals surface area (Å²) in [7, 11) is 0. The van der Waals surface area contributed by atoms with Crippen LogP contribution in [0, 0.1) is 0 Å². The zero-order valence-electron chi connectivity index (χ0n) is 2.00. The zero-order valence-corrected chi connectivity index (χ0v) is 17.5. The zero-order chi connectivity index (χ0) is 0. The van der Waals surface area contributed by atoms with Crippen LogP contribution >= 0.6 is 0 Å². The van der Waals surface area contributed by atoms with Gasteiger partial charge in [-0.25, -0.2) is 0 Å². The van der Waals surface area contributed by atoms with E-state index >= 15 is 0 Å². The fourth-order valence-electron chi connectivity index (χ4n) is 0. The van der Waals surface area contributed by atoms with Crippen molar-refractivity contribution < 1.29 is 0 Å². The van der Waals surface area contributed by atoms with Crippen LogP contribution in [0.25, 0.3) is 0 Å². The van der Waals surface area contributed by atoms with Crippen molar-refractivity contribution in [1.82, 2.24) is 0 Å². The van der Waals surface area contributed by atoms with Crippen LogP contribution < -0.4 is 0 Å². The van der Waals surface area contributed by atoms with Crippen molar-refractivity contribution in [3.05, 3.63) is 0 Å². The van der Waals surface area contributed by atoms with E-state index in [-0.39, 0.29) is 109 Å². The maximum absolute atomic E-state index is 0. The fraction of sp³-hybridized carbons (Fsp3) is 0. The molecule has 16 valence electrons. The van der Waals surface area contributed by atoms with E-state index in [9.17, 15) is 0 Å². The van der Waals surface area contributed by atoms with E-state index in [0.29, 0.717) is 0 Å². The van der Waals surface area contributed by atoms with Crippen LogP contribution in [0.2, 0.25) is 0 Å². The van der Waals surface area contributed by atoms with Crippen LogP contribution in [0.15, 0.2) is 0 Å². The van der Waals surface area contributed by atoms with Gasteiger partial charge in [0.05, 0.1) is 0 Å². The monoisotopic (exact) mass is 832 g/mol. The molecular weight excluding hydrogens is 829 g/mol. The normalized spacial score (nSPS) is 0. The SMILES string of the molecule is [Pb].[Pb].[Pb].[Pb]. The van der Waals surface area contributed by atoms with Gasteiger partial charge in [-0.2, -0.15) is 0 Å². The Kier molecular flexibility index (Phi) is 101. The second-order valence-electron chi connectivity index (χ2n) is 0. The summed E-state index contributed by atoms with van der Waals surface area (Å²) in [6.45, 7) is 0. The van der Waals surface area contributed by atoms with E-state index in [4.69, 9.17) is 0 Å². The van der Waals surface area contributed by atoms with Gasteiger partial charge >= 0.3 is 0 Å². The average molecular weight is 829 g/mol. The predicted octanol–water partition coefficient (Wildman–Crippen LogP) is -1.52. The van der Waals surface area contributed by atoms with Gasteiger partial charge in [-0.05, 0) is 0 Å². The quantitative estimate of drug-likeness (QED) is 0.261. The van der Waals surface area contributed by atoms with Crippen LogP contribution in [0.4, 0.5) is 0 Å². The molecule has 0 aromatic heterocycles. The van der Waals surface area contributed by atoms with Crippen molar-refractivity contribution in [3.8, 4) is 0 Å². The standard InChI is InChI=1S/4Pb. The minimum absolute atomic E-state index is 0. The van der Waals surface area contributed by atoms with Gasteiger partial charge in [-0.3, -0.25) is 0 Å². The third kappa shape index (κ3) is 9.19. The molecule has 0 aliphatic rings. The summed E-state index contributed by atoms with van der Waals surface area (Å²) >= 11 is 0. The Morgan fingerprint density at radius 1 is 0.250 bits per heavy atom. The summed E-state index contributed by atoms with van der Waals surface area (Å²) in [5, 5.41) is 0. The Morgan fingerprint density at radius 3 is 0.250 bits per heavy atom. The van der Waals surface area contributed by atoms with Gasteiger partial charge in [0.2, 0.25) is 0 Å². The third-order valence-electron chi connectivity index (χ3n) is 0. The Labute approximate surface area is 106 Å². The number of hydrogen-bond acceptors (Lipinski definition) is 0. The molecule has 4 heavy (non-hydrogen) atoms. The smallest absolute Gasteiger partial charge is 0 e.